The molecule has 0 heteroatoms. The zero-order valence-corrected chi connectivity index (χ0v) is 8.48. The third-order valence-electron chi connectivity index (χ3n) is 2.82. The molecule has 0 bridgehead atoms. The van der Waals surface area contributed by atoms with Crippen LogP contribution in [-0.4, -0.2) is 0 Å². The first kappa shape index (κ1) is 9.09. The molecule has 0 aromatic carbocycles. The maximum atomic E-state index is 2.43. The van der Waals surface area contributed by atoms with E-state index in [0.29, 0.717) is 0 Å². The summed E-state index contributed by atoms with van der Waals surface area (Å²) in [6.07, 6.45) is 5.84. The summed E-state index contributed by atoms with van der Waals surface area (Å²) < 4.78 is 0. The van der Waals surface area contributed by atoms with Crippen molar-refractivity contribution >= 4 is 0 Å². The van der Waals surface area contributed by atoms with E-state index in [1.54, 1.807) is 0 Å². The van der Waals surface area contributed by atoms with Gasteiger partial charge in [-0.15, -0.1) is 0 Å². The van der Waals surface area contributed by atoms with E-state index >= 15 is 0 Å². The summed E-state index contributed by atoms with van der Waals surface area (Å²) >= 11 is 0. The molecule has 0 aliphatic heterocycles. The molecule has 0 radical (unpaired) electrons. The van der Waals surface area contributed by atoms with E-state index in [9.17, 15) is 0 Å². The minimum atomic E-state index is 0.758. The van der Waals surface area contributed by atoms with E-state index in [1.165, 1.54) is 25.7 Å². The molecule has 1 fully saturated rings. The molecule has 0 nitrogen and oxygen atoms in total. The van der Waals surface area contributed by atoms with E-state index in [0.717, 1.165) is 17.3 Å². The summed E-state index contributed by atoms with van der Waals surface area (Å²) in [7, 11) is 0. The summed E-state index contributed by atoms with van der Waals surface area (Å²) in [6.45, 7) is 9.49. The Labute approximate surface area is 71.4 Å². The molecule has 0 amide bonds. The van der Waals surface area contributed by atoms with E-state index in [1.807, 2.05) is 0 Å². The average molecular weight is 154 g/mol. The molecular formula is C11H22. The molecule has 1 saturated carbocycles. The molecule has 1 aliphatic rings. The Bertz CT molecular complexity index is 120. The molecule has 0 heterocycles. The highest BCUT2D eigenvalue weighted by Crippen LogP contribution is 2.50. The van der Waals surface area contributed by atoms with Crippen molar-refractivity contribution in [2.24, 2.45) is 17.3 Å². The van der Waals surface area contributed by atoms with Crippen LogP contribution in [0.4, 0.5) is 0 Å². The number of rotatable bonds is 4. The summed E-state index contributed by atoms with van der Waals surface area (Å²) in [5.74, 6) is 1.83. The van der Waals surface area contributed by atoms with Gasteiger partial charge in [-0.3, -0.25) is 0 Å². The fraction of sp³-hybridized carbons (Fsp3) is 1.00. The second kappa shape index (κ2) is 3.16. The first-order valence-electron chi connectivity index (χ1n) is 5.02. The average Bonchev–Trinajstić information content (AvgIpc) is 2.44. The maximum Gasteiger partial charge on any atom is -0.0323 e. The fourth-order valence-corrected chi connectivity index (χ4v) is 2.15. The van der Waals surface area contributed by atoms with Gasteiger partial charge in [-0.1, -0.05) is 27.7 Å². The van der Waals surface area contributed by atoms with Crippen molar-refractivity contribution in [2.45, 2.75) is 53.4 Å². The standard InChI is InChI=1S/C11H22/c1-9(2)7-10(3)8-11(4)5-6-11/h9-10H,5-8H2,1-4H3. The van der Waals surface area contributed by atoms with Crippen LogP contribution in [-0.2, 0) is 0 Å². The first-order chi connectivity index (χ1) is 5.02. The molecule has 1 aliphatic carbocycles. The van der Waals surface area contributed by atoms with Gasteiger partial charge >= 0.3 is 0 Å². The van der Waals surface area contributed by atoms with Gasteiger partial charge in [0.1, 0.15) is 0 Å². The predicted octanol–water partition coefficient (Wildman–Crippen LogP) is 3.86. The van der Waals surface area contributed by atoms with Crippen LogP contribution in [0.25, 0.3) is 0 Å². The van der Waals surface area contributed by atoms with Gasteiger partial charge in [-0.05, 0) is 42.9 Å². The SMILES string of the molecule is CC(C)CC(C)CC1(C)CC1. The molecule has 1 atom stereocenters. The highest BCUT2D eigenvalue weighted by Gasteiger charge is 2.37. The van der Waals surface area contributed by atoms with Crippen molar-refractivity contribution in [3.8, 4) is 0 Å². The van der Waals surface area contributed by atoms with E-state index < -0.39 is 0 Å². The summed E-state index contributed by atoms with van der Waals surface area (Å²) in [5, 5.41) is 0. The first-order valence-corrected chi connectivity index (χ1v) is 5.02. The van der Waals surface area contributed by atoms with Gasteiger partial charge in [0.05, 0.1) is 0 Å². The Morgan fingerprint density at radius 2 is 1.73 bits per heavy atom. The smallest absolute Gasteiger partial charge is 0.0323 e. The minimum Gasteiger partial charge on any atom is -0.0628 e. The molecule has 1 unspecified atom stereocenters. The molecule has 1 rings (SSSR count). The Hall–Kier alpha value is 0. The third-order valence-corrected chi connectivity index (χ3v) is 2.82. The largest absolute Gasteiger partial charge is 0.0628 e. The van der Waals surface area contributed by atoms with Crippen LogP contribution in [0, 0.1) is 17.3 Å². The lowest BCUT2D eigenvalue weighted by atomic mass is 9.89. The molecule has 0 N–H and O–H groups in total. The molecule has 11 heavy (non-hydrogen) atoms. The number of hydrogen-bond donors (Lipinski definition) is 0. The fourth-order valence-electron chi connectivity index (χ4n) is 2.15. The third kappa shape index (κ3) is 3.27. The Kier molecular flexibility index (Phi) is 2.61. The lowest BCUT2D eigenvalue weighted by Crippen LogP contribution is -2.06. The summed E-state index contributed by atoms with van der Waals surface area (Å²) in [6, 6.07) is 0. The molecular weight excluding hydrogens is 132 g/mol. The topological polar surface area (TPSA) is 0 Å². The van der Waals surface area contributed by atoms with Crippen molar-refractivity contribution in [2.75, 3.05) is 0 Å². The van der Waals surface area contributed by atoms with Crippen LogP contribution in [0.3, 0.4) is 0 Å². The van der Waals surface area contributed by atoms with E-state index in [4.69, 9.17) is 0 Å². The Morgan fingerprint density at radius 3 is 2.09 bits per heavy atom. The zero-order valence-electron chi connectivity index (χ0n) is 8.48. The summed E-state index contributed by atoms with van der Waals surface area (Å²) in [5.41, 5.74) is 0.758. The van der Waals surface area contributed by atoms with Gasteiger partial charge in [0, 0.05) is 0 Å². The van der Waals surface area contributed by atoms with Crippen LogP contribution in [0.2, 0.25) is 0 Å². The molecule has 0 saturated heterocycles. The van der Waals surface area contributed by atoms with Crippen molar-refractivity contribution in [1.82, 2.24) is 0 Å². The second-order valence-corrected chi connectivity index (χ2v) is 5.25. The van der Waals surface area contributed by atoms with Gasteiger partial charge in [0.15, 0.2) is 0 Å². The van der Waals surface area contributed by atoms with Crippen LogP contribution >= 0.6 is 0 Å². The van der Waals surface area contributed by atoms with Gasteiger partial charge in [-0.2, -0.15) is 0 Å². The van der Waals surface area contributed by atoms with Crippen LogP contribution < -0.4 is 0 Å². The summed E-state index contributed by atoms with van der Waals surface area (Å²) in [4.78, 5) is 0. The molecule has 0 aromatic heterocycles. The van der Waals surface area contributed by atoms with Gasteiger partial charge < -0.3 is 0 Å². The number of hydrogen-bond acceptors (Lipinski definition) is 0. The van der Waals surface area contributed by atoms with Gasteiger partial charge in [0.2, 0.25) is 0 Å². The normalized spacial score (nSPS) is 23.7. The maximum absolute atomic E-state index is 2.43. The van der Waals surface area contributed by atoms with Gasteiger partial charge in [0.25, 0.3) is 0 Å². The van der Waals surface area contributed by atoms with Crippen LogP contribution in [0.5, 0.6) is 0 Å². The lowest BCUT2D eigenvalue weighted by molar-refractivity contribution is 0.343. The van der Waals surface area contributed by atoms with Crippen LogP contribution in [0.15, 0.2) is 0 Å². The van der Waals surface area contributed by atoms with E-state index in [2.05, 4.69) is 27.7 Å². The van der Waals surface area contributed by atoms with Crippen molar-refractivity contribution < 1.29 is 0 Å². The Morgan fingerprint density at radius 1 is 1.18 bits per heavy atom. The highest BCUT2D eigenvalue weighted by atomic mass is 14.4. The predicted molar refractivity (Wildman–Crippen MR) is 50.6 cm³/mol. The molecule has 0 spiro atoms. The van der Waals surface area contributed by atoms with Crippen molar-refractivity contribution in [1.29, 1.82) is 0 Å². The second-order valence-electron chi connectivity index (χ2n) is 5.25. The highest BCUT2D eigenvalue weighted by molar-refractivity contribution is 4.89. The monoisotopic (exact) mass is 154 g/mol. The minimum absolute atomic E-state index is 0.758. The Balaban J connectivity index is 2.15. The molecule has 0 aromatic rings. The van der Waals surface area contributed by atoms with Crippen LogP contribution in [0.1, 0.15) is 53.4 Å². The zero-order chi connectivity index (χ0) is 8.48. The van der Waals surface area contributed by atoms with Gasteiger partial charge in [-0.25, -0.2) is 0 Å². The quantitative estimate of drug-likeness (QED) is 0.577. The van der Waals surface area contributed by atoms with Crippen molar-refractivity contribution in [3.63, 3.8) is 0 Å². The van der Waals surface area contributed by atoms with Crippen molar-refractivity contribution in [3.05, 3.63) is 0 Å². The molecule has 66 valence electrons. The lowest BCUT2D eigenvalue weighted by Gasteiger charge is -2.17. The van der Waals surface area contributed by atoms with E-state index in [-0.39, 0.29) is 0 Å².